The molecule has 0 saturated heterocycles. The molecular formula is C10H14N2O3. The van der Waals surface area contributed by atoms with Crippen LogP contribution in [0.2, 0.25) is 0 Å². The van der Waals surface area contributed by atoms with Gasteiger partial charge in [0, 0.05) is 17.8 Å². The maximum absolute atomic E-state index is 10.7. The van der Waals surface area contributed by atoms with Crippen molar-refractivity contribution in [2.75, 3.05) is 0 Å². The van der Waals surface area contributed by atoms with Crippen LogP contribution in [0.4, 0.5) is 0 Å². The Hall–Kier alpha value is -1.62. The Morgan fingerprint density at radius 2 is 2.33 bits per heavy atom. The number of nitrogens with zero attached hydrogens (tertiary/aromatic N) is 2. The summed E-state index contributed by atoms with van der Waals surface area (Å²) in [5.41, 5.74) is -0.232. The first-order valence-electron chi connectivity index (χ1n) is 4.47. The maximum Gasteiger partial charge on any atom is 0.333 e. The van der Waals surface area contributed by atoms with Crippen molar-refractivity contribution in [3.8, 4) is 0 Å². The fourth-order valence-electron chi connectivity index (χ4n) is 1.24. The Balaban J connectivity index is 3.04. The van der Waals surface area contributed by atoms with E-state index in [4.69, 9.17) is 5.11 Å². The van der Waals surface area contributed by atoms with Crippen LogP contribution in [0.25, 0.3) is 6.20 Å². The van der Waals surface area contributed by atoms with Crippen molar-refractivity contribution in [1.82, 2.24) is 9.78 Å². The van der Waals surface area contributed by atoms with E-state index < -0.39 is 17.5 Å². The molecule has 0 amide bonds. The van der Waals surface area contributed by atoms with Crippen molar-refractivity contribution >= 4 is 12.2 Å². The van der Waals surface area contributed by atoms with Crippen LogP contribution >= 0.6 is 0 Å². The van der Waals surface area contributed by atoms with Crippen LogP contribution in [0.5, 0.6) is 0 Å². The minimum atomic E-state index is -1.46. The lowest BCUT2D eigenvalue weighted by Gasteiger charge is -2.26. The maximum atomic E-state index is 10.7. The van der Waals surface area contributed by atoms with Crippen molar-refractivity contribution in [3.63, 3.8) is 0 Å². The molecule has 0 aliphatic rings. The lowest BCUT2D eigenvalue weighted by molar-refractivity contribution is -0.150. The lowest BCUT2D eigenvalue weighted by atomic mass is 9.81. The van der Waals surface area contributed by atoms with Crippen LogP contribution in [-0.2, 0) is 10.2 Å². The largest absolute Gasteiger partial charge is 0.479 e. The van der Waals surface area contributed by atoms with E-state index in [0.29, 0.717) is 5.56 Å². The van der Waals surface area contributed by atoms with Crippen molar-refractivity contribution < 1.29 is 15.0 Å². The van der Waals surface area contributed by atoms with Crippen LogP contribution < -0.4 is 0 Å². The molecule has 1 aromatic heterocycles. The molecule has 0 aliphatic heterocycles. The monoisotopic (exact) mass is 210 g/mol. The fraction of sp³-hybridized carbons (Fsp3) is 0.400. The molecule has 82 valence electrons. The van der Waals surface area contributed by atoms with Gasteiger partial charge in [-0.15, -0.1) is 0 Å². The highest BCUT2D eigenvalue weighted by atomic mass is 16.4. The van der Waals surface area contributed by atoms with E-state index in [1.807, 2.05) is 0 Å². The molecule has 0 spiro atoms. The first-order chi connectivity index (χ1) is 6.89. The molecule has 0 saturated carbocycles. The summed E-state index contributed by atoms with van der Waals surface area (Å²) in [5, 5.41) is 22.2. The highest BCUT2D eigenvalue weighted by Crippen LogP contribution is 2.26. The predicted octanol–water partition coefficient (Wildman–Crippen LogP) is 0.707. The normalized spacial score (nSPS) is 13.5. The summed E-state index contributed by atoms with van der Waals surface area (Å²) in [4.78, 5) is 10.7. The highest BCUT2D eigenvalue weighted by Gasteiger charge is 2.36. The molecule has 5 nitrogen and oxygen atoms in total. The Labute approximate surface area is 87.7 Å². The van der Waals surface area contributed by atoms with E-state index >= 15 is 0 Å². The van der Waals surface area contributed by atoms with E-state index in [0.717, 1.165) is 0 Å². The van der Waals surface area contributed by atoms with E-state index in [1.54, 1.807) is 20.0 Å². The van der Waals surface area contributed by atoms with Gasteiger partial charge in [-0.05, 0) is 5.56 Å². The first-order valence-corrected chi connectivity index (χ1v) is 4.47. The quantitative estimate of drug-likeness (QED) is 0.767. The number of carboxylic acid groups (broad SMARTS) is 1. The van der Waals surface area contributed by atoms with Gasteiger partial charge in [0.2, 0.25) is 0 Å². The van der Waals surface area contributed by atoms with Gasteiger partial charge in [0.1, 0.15) is 0 Å². The Morgan fingerprint density at radius 3 is 2.73 bits per heavy atom. The zero-order valence-corrected chi connectivity index (χ0v) is 8.71. The molecule has 0 fully saturated rings. The van der Waals surface area contributed by atoms with Crippen LogP contribution in [0, 0.1) is 0 Å². The first kappa shape index (κ1) is 11.5. The highest BCUT2D eigenvalue weighted by molar-refractivity contribution is 5.74. The molecule has 5 heteroatoms. The summed E-state index contributed by atoms with van der Waals surface area (Å²) in [6.45, 7) is 6.83. The minimum absolute atomic E-state index is 0.650. The summed E-state index contributed by atoms with van der Waals surface area (Å²) in [6, 6.07) is 0. The second-order valence-electron chi connectivity index (χ2n) is 3.85. The summed E-state index contributed by atoms with van der Waals surface area (Å²) >= 11 is 0. The molecule has 0 aliphatic carbocycles. The van der Waals surface area contributed by atoms with E-state index in [1.165, 1.54) is 17.1 Å². The van der Waals surface area contributed by atoms with Crippen LogP contribution in [0.15, 0.2) is 19.0 Å². The van der Waals surface area contributed by atoms with Gasteiger partial charge >= 0.3 is 5.97 Å². The molecular weight excluding hydrogens is 196 g/mol. The molecule has 1 rings (SSSR count). The Kier molecular flexibility index (Phi) is 2.95. The van der Waals surface area contributed by atoms with Crippen LogP contribution in [0.1, 0.15) is 19.4 Å². The molecule has 0 radical (unpaired) electrons. The number of carboxylic acids is 1. The molecule has 1 aromatic rings. The number of aliphatic hydroxyl groups is 1. The third kappa shape index (κ3) is 2.07. The smallest absolute Gasteiger partial charge is 0.333 e. The molecule has 1 atom stereocenters. The number of carbonyl (C=O) groups is 1. The number of hydrogen-bond acceptors (Lipinski definition) is 3. The predicted molar refractivity (Wildman–Crippen MR) is 55.3 cm³/mol. The van der Waals surface area contributed by atoms with Gasteiger partial charge in [-0.1, -0.05) is 20.4 Å². The molecule has 1 heterocycles. The van der Waals surface area contributed by atoms with Gasteiger partial charge in [-0.25, -0.2) is 9.48 Å². The summed E-state index contributed by atoms with van der Waals surface area (Å²) in [6.07, 6.45) is 3.19. The van der Waals surface area contributed by atoms with Crippen molar-refractivity contribution in [2.24, 2.45) is 0 Å². The Morgan fingerprint density at radius 1 is 1.73 bits per heavy atom. The number of rotatable bonds is 4. The second kappa shape index (κ2) is 3.86. The molecule has 15 heavy (non-hydrogen) atoms. The molecule has 2 N–H and O–H groups in total. The van der Waals surface area contributed by atoms with Crippen LogP contribution in [-0.4, -0.2) is 32.1 Å². The summed E-state index contributed by atoms with van der Waals surface area (Å²) < 4.78 is 1.46. The zero-order valence-electron chi connectivity index (χ0n) is 8.71. The van der Waals surface area contributed by atoms with Gasteiger partial charge in [0.25, 0.3) is 0 Å². The number of aromatic nitrogens is 2. The third-order valence-corrected chi connectivity index (χ3v) is 2.45. The van der Waals surface area contributed by atoms with Gasteiger partial charge in [0.15, 0.2) is 6.10 Å². The standard InChI is InChI=1S/C10H14N2O3/c1-4-12-6-7(5-11-12)10(2,3)8(13)9(14)15/h4-6,8,13H,1H2,2-3H3,(H,14,15). The third-order valence-electron chi connectivity index (χ3n) is 2.45. The van der Waals surface area contributed by atoms with Gasteiger partial charge < -0.3 is 10.2 Å². The van der Waals surface area contributed by atoms with E-state index in [9.17, 15) is 9.90 Å². The minimum Gasteiger partial charge on any atom is -0.479 e. The van der Waals surface area contributed by atoms with Crippen molar-refractivity contribution in [1.29, 1.82) is 0 Å². The van der Waals surface area contributed by atoms with Crippen molar-refractivity contribution in [3.05, 3.63) is 24.5 Å². The topological polar surface area (TPSA) is 75.4 Å². The number of aliphatic carboxylic acids is 1. The summed E-state index contributed by atoms with van der Waals surface area (Å²) in [7, 11) is 0. The van der Waals surface area contributed by atoms with Gasteiger partial charge in [-0.2, -0.15) is 5.10 Å². The van der Waals surface area contributed by atoms with Gasteiger partial charge in [0.05, 0.1) is 6.20 Å². The zero-order chi connectivity index (χ0) is 11.6. The molecule has 0 bridgehead atoms. The van der Waals surface area contributed by atoms with Crippen molar-refractivity contribution in [2.45, 2.75) is 25.4 Å². The molecule has 1 unspecified atom stereocenters. The fourth-order valence-corrected chi connectivity index (χ4v) is 1.24. The second-order valence-corrected chi connectivity index (χ2v) is 3.85. The van der Waals surface area contributed by atoms with Gasteiger partial charge in [-0.3, -0.25) is 0 Å². The average Bonchev–Trinajstić information content (AvgIpc) is 2.65. The SMILES string of the molecule is C=Cn1cc(C(C)(C)C(O)C(=O)O)cn1. The lowest BCUT2D eigenvalue weighted by Crippen LogP contribution is -2.39. The number of aliphatic hydroxyl groups excluding tert-OH is 1. The van der Waals surface area contributed by atoms with Crippen LogP contribution in [0.3, 0.4) is 0 Å². The number of hydrogen-bond donors (Lipinski definition) is 2. The van der Waals surface area contributed by atoms with E-state index in [-0.39, 0.29) is 0 Å². The molecule has 0 aromatic carbocycles. The van der Waals surface area contributed by atoms with E-state index in [2.05, 4.69) is 11.7 Å². The summed E-state index contributed by atoms with van der Waals surface area (Å²) in [5.74, 6) is -1.24. The average molecular weight is 210 g/mol. The Bertz CT molecular complexity index is 382.